The molecule has 16 heavy (non-hydrogen) atoms. The number of ether oxygens (including phenoxy) is 1. The van der Waals surface area contributed by atoms with Crippen LogP contribution < -0.4 is 0 Å². The summed E-state index contributed by atoms with van der Waals surface area (Å²) >= 11 is 0. The lowest BCUT2D eigenvalue weighted by atomic mass is 10.0. The van der Waals surface area contributed by atoms with Gasteiger partial charge in [-0.25, -0.2) is 0 Å². The van der Waals surface area contributed by atoms with E-state index in [0.29, 0.717) is 0 Å². The van der Waals surface area contributed by atoms with Crippen LogP contribution in [0.2, 0.25) is 0 Å². The fourth-order valence-electron chi connectivity index (χ4n) is 1.83. The molecule has 0 amide bonds. The molecular weight excluding hydrogens is 200 g/mol. The molecule has 0 saturated carbocycles. The highest BCUT2D eigenvalue weighted by Gasteiger charge is 2.17. The number of esters is 1. The lowest BCUT2D eigenvalue weighted by Crippen LogP contribution is -2.21. The van der Waals surface area contributed by atoms with Crippen molar-refractivity contribution in [2.24, 2.45) is 5.92 Å². The molecular formula is C14H28O2. The van der Waals surface area contributed by atoms with Gasteiger partial charge in [-0.2, -0.15) is 0 Å². The van der Waals surface area contributed by atoms with Gasteiger partial charge in [0.25, 0.3) is 0 Å². The molecule has 2 nitrogen and oxygen atoms in total. The van der Waals surface area contributed by atoms with Crippen LogP contribution in [0.5, 0.6) is 0 Å². The van der Waals surface area contributed by atoms with Gasteiger partial charge in [0.2, 0.25) is 0 Å². The molecule has 0 N–H and O–H groups in total. The van der Waals surface area contributed by atoms with E-state index in [9.17, 15) is 4.79 Å². The molecule has 1 atom stereocenters. The van der Waals surface area contributed by atoms with Crippen LogP contribution in [0.1, 0.15) is 72.6 Å². The van der Waals surface area contributed by atoms with Gasteiger partial charge >= 0.3 is 5.97 Å². The predicted molar refractivity (Wildman–Crippen MR) is 68.4 cm³/mol. The van der Waals surface area contributed by atoms with E-state index in [2.05, 4.69) is 6.92 Å². The maximum absolute atomic E-state index is 11.7. The Morgan fingerprint density at radius 3 is 2.19 bits per heavy atom. The van der Waals surface area contributed by atoms with Crippen LogP contribution in [-0.2, 0) is 9.53 Å². The number of carbonyl (C=O) groups is 1. The summed E-state index contributed by atoms with van der Waals surface area (Å²) in [4.78, 5) is 11.7. The molecule has 2 heteroatoms. The van der Waals surface area contributed by atoms with E-state index < -0.39 is 0 Å². The van der Waals surface area contributed by atoms with Crippen molar-refractivity contribution in [3.63, 3.8) is 0 Å². The van der Waals surface area contributed by atoms with Crippen molar-refractivity contribution in [1.29, 1.82) is 0 Å². The minimum Gasteiger partial charge on any atom is -0.462 e. The predicted octanol–water partition coefficient (Wildman–Crippen LogP) is 4.32. The minimum atomic E-state index is -0.00649. The molecule has 0 radical (unpaired) electrons. The molecule has 0 heterocycles. The van der Waals surface area contributed by atoms with E-state index in [4.69, 9.17) is 4.74 Å². The fourth-order valence-corrected chi connectivity index (χ4v) is 1.83. The van der Waals surface area contributed by atoms with Crippen molar-refractivity contribution in [3.8, 4) is 0 Å². The number of hydrogen-bond acceptors (Lipinski definition) is 2. The molecule has 0 aliphatic heterocycles. The van der Waals surface area contributed by atoms with E-state index in [-0.39, 0.29) is 18.0 Å². The Bertz CT molecular complexity index is 174. The molecule has 0 aromatic heterocycles. The highest BCUT2D eigenvalue weighted by molar-refractivity contribution is 5.72. The van der Waals surface area contributed by atoms with E-state index in [1.165, 1.54) is 25.7 Å². The lowest BCUT2D eigenvalue weighted by molar-refractivity contribution is -0.153. The van der Waals surface area contributed by atoms with Gasteiger partial charge in [0.15, 0.2) is 0 Å². The summed E-state index contributed by atoms with van der Waals surface area (Å²) < 4.78 is 5.44. The summed E-state index contributed by atoms with van der Waals surface area (Å²) in [6.45, 7) is 8.30. The molecule has 0 rings (SSSR count). The fraction of sp³-hybridized carbons (Fsp3) is 0.929. The Labute approximate surface area is 101 Å². The Balaban J connectivity index is 3.68. The van der Waals surface area contributed by atoms with Crippen LogP contribution in [0.3, 0.4) is 0 Å². The highest BCUT2D eigenvalue weighted by atomic mass is 16.5. The lowest BCUT2D eigenvalue weighted by Gasteiger charge is -2.17. The van der Waals surface area contributed by atoms with Crippen molar-refractivity contribution < 1.29 is 9.53 Å². The van der Waals surface area contributed by atoms with Gasteiger partial charge in [-0.3, -0.25) is 4.79 Å². The van der Waals surface area contributed by atoms with Crippen LogP contribution in [0.25, 0.3) is 0 Å². The van der Waals surface area contributed by atoms with Crippen molar-refractivity contribution >= 4 is 5.97 Å². The Morgan fingerprint density at radius 1 is 1.06 bits per heavy atom. The van der Waals surface area contributed by atoms with Crippen molar-refractivity contribution in [3.05, 3.63) is 0 Å². The van der Waals surface area contributed by atoms with E-state index in [0.717, 1.165) is 19.3 Å². The minimum absolute atomic E-state index is 0.00649. The normalized spacial score (nSPS) is 12.8. The van der Waals surface area contributed by atoms with Crippen LogP contribution in [-0.4, -0.2) is 12.1 Å². The SMILES string of the molecule is CCCCCCC(C)OC(=O)C(CC)CC. The van der Waals surface area contributed by atoms with Gasteiger partial charge in [0.05, 0.1) is 12.0 Å². The summed E-state index contributed by atoms with van der Waals surface area (Å²) in [5.41, 5.74) is 0. The topological polar surface area (TPSA) is 26.3 Å². The third-order valence-corrected chi connectivity index (χ3v) is 3.10. The van der Waals surface area contributed by atoms with Crippen molar-refractivity contribution in [2.45, 2.75) is 78.7 Å². The van der Waals surface area contributed by atoms with Crippen LogP contribution >= 0.6 is 0 Å². The van der Waals surface area contributed by atoms with Gasteiger partial charge in [-0.15, -0.1) is 0 Å². The molecule has 96 valence electrons. The largest absolute Gasteiger partial charge is 0.462 e. The second-order valence-electron chi connectivity index (χ2n) is 4.61. The van der Waals surface area contributed by atoms with Gasteiger partial charge in [-0.05, 0) is 32.6 Å². The summed E-state index contributed by atoms with van der Waals surface area (Å²) in [7, 11) is 0. The smallest absolute Gasteiger partial charge is 0.309 e. The summed E-state index contributed by atoms with van der Waals surface area (Å²) in [6.07, 6.45) is 7.83. The average molecular weight is 228 g/mol. The summed E-state index contributed by atoms with van der Waals surface area (Å²) in [5.74, 6) is 0.0890. The average Bonchev–Trinajstić information content (AvgIpc) is 2.26. The monoisotopic (exact) mass is 228 g/mol. The molecule has 0 spiro atoms. The molecule has 0 aliphatic carbocycles. The number of hydrogen-bond donors (Lipinski definition) is 0. The Morgan fingerprint density at radius 2 is 1.69 bits per heavy atom. The summed E-state index contributed by atoms with van der Waals surface area (Å²) in [6, 6.07) is 0. The Kier molecular flexibility index (Phi) is 9.36. The van der Waals surface area contributed by atoms with Gasteiger partial charge in [0, 0.05) is 0 Å². The molecule has 0 aromatic rings. The maximum atomic E-state index is 11.7. The molecule has 0 aliphatic rings. The Hall–Kier alpha value is -0.530. The maximum Gasteiger partial charge on any atom is 0.309 e. The highest BCUT2D eigenvalue weighted by Crippen LogP contribution is 2.14. The van der Waals surface area contributed by atoms with Crippen LogP contribution in [0.15, 0.2) is 0 Å². The number of unbranched alkanes of at least 4 members (excludes halogenated alkanes) is 3. The van der Waals surface area contributed by atoms with E-state index in [1.807, 2.05) is 20.8 Å². The zero-order valence-electron chi connectivity index (χ0n) is 11.4. The zero-order chi connectivity index (χ0) is 12.4. The number of carbonyl (C=O) groups excluding carboxylic acids is 1. The molecule has 0 fully saturated rings. The van der Waals surface area contributed by atoms with Crippen LogP contribution in [0.4, 0.5) is 0 Å². The van der Waals surface area contributed by atoms with Crippen molar-refractivity contribution in [1.82, 2.24) is 0 Å². The number of rotatable bonds is 9. The standard InChI is InChI=1S/C14H28O2/c1-5-8-9-10-11-12(4)16-14(15)13(6-2)7-3/h12-13H,5-11H2,1-4H3. The van der Waals surface area contributed by atoms with Crippen molar-refractivity contribution in [2.75, 3.05) is 0 Å². The van der Waals surface area contributed by atoms with E-state index >= 15 is 0 Å². The van der Waals surface area contributed by atoms with E-state index in [1.54, 1.807) is 0 Å². The first kappa shape index (κ1) is 15.5. The van der Waals surface area contributed by atoms with Crippen LogP contribution in [0, 0.1) is 5.92 Å². The third kappa shape index (κ3) is 6.86. The van der Waals surface area contributed by atoms with Gasteiger partial charge in [0.1, 0.15) is 0 Å². The zero-order valence-corrected chi connectivity index (χ0v) is 11.4. The first-order chi connectivity index (χ1) is 7.65. The second kappa shape index (κ2) is 9.68. The molecule has 1 unspecified atom stereocenters. The first-order valence-electron chi connectivity index (χ1n) is 6.86. The third-order valence-electron chi connectivity index (χ3n) is 3.10. The first-order valence-corrected chi connectivity index (χ1v) is 6.86. The second-order valence-corrected chi connectivity index (χ2v) is 4.61. The molecule has 0 bridgehead atoms. The quantitative estimate of drug-likeness (QED) is 0.434. The van der Waals surface area contributed by atoms with Gasteiger partial charge < -0.3 is 4.74 Å². The molecule has 0 aromatic carbocycles. The summed E-state index contributed by atoms with van der Waals surface area (Å²) in [5, 5.41) is 0. The molecule has 0 saturated heterocycles. The van der Waals surface area contributed by atoms with Gasteiger partial charge in [-0.1, -0.05) is 40.0 Å².